The summed E-state index contributed by atoms with van der Waals surface area (Å²) in [5.41, 5.74) is 7.81. The zero-order chi connectivity index (χ0) is 15.1. The molecule has 0 aromatic heterocycles. The molecule has 0 aliphatic carbocycles. The zero-order valence-electron chi connectivity index (χ0n) is 11.2. The summed E-state index contributed by atoms with van der Waals surface area (Å²) in [7, 11) is 0. The molecule has 0 heterocycles. The van der Waals surface area contributed by atoms with E-state index in [1.165, 1.54) is 5.56 Å². The van der Waals surface area contributed by atoms with Crippen LogP contribution >= 0.6 is 35.4 Å². The van der Waals surface area contributed by atoms with Gasteiger partial charge in [0.05, 0.1) is 10.7 Å². The lowest BCUT2D eigenvalue weighted by molar-refractivity contribution is 0.849. The number of thiocarbonyl (C=S) groups is 1. The zero-order valence-corrected chi connectivity index (χ0v) is 13.5. The lowest BCUT2D eigenvalue weighted by Crippen LogP contribution is -2.39. The first-order valence-electron chi connectivity index (χ1n) is 6.44. The van der Waals surface area contributed by atoms with Crippen LogP contribution in [0.4, 0.5) is 5.69 Å². The van der Waals surface area contributed by atoms with E-state index in [2.05, 4.69) is 28.3 Å². The summed E-state index contributed by atoms with van der Waals surface area (Å²) in [5.74, 6) is 0. The van der Waals surface area contributed by atoms with Crippen molar-refractivity contribution < 1.29 is 0 Å². The average Bonchev–Trinajstić information content (AvgIpc) is 2.47. The van der Waals surface area contributed by atoms with Gasteiger partial charge in [-0.25, -0.2) is 0 Å². The van der Waals surface area contributed by atoms with Gasteiger partial charge in [-0.1, -0.05) is 53.5 Å². The van der Waals surface area contributed by atoms with Crippen LogP contribution in [0.5, 0.6) is 0 Å². The second-order valence-electron chi connectivity index (χ2n) is 4.37. The third kappa shape index (κ3) is 5.42. The molecular formula is C15H15Cl2N3S. The van der Waals surface area contributed by atoms with Crippen LogP contribution in [-0.2, 0) is 6.42 Å². The van der Waals surface area contributed by atoms with Gasteiger partial charge in [0.1, 0.15) is 0 Å². The second kappa shape index (κ2) is 8.08. The average molecular weight is 340 g/mol. The van der Waals surface area contributed by atoms with Crippen LogP contribution in [0, 0.1) is 0 Å². The number of halogens is 2. The molecule has 0 bridgehead atoms. The van der Waals surface area contributed by atoms with E-state index in [4.69, 9.17) is 35.4 Å². The van der Waals surface area contributed by atoms with E-state index in [1.54, 1.807) is 18.2 Å². The number of nitrogens with one attached hydrogen (secondary N) is 3. The van der Waals surface area contributed by atoms with E-state index in [9.17, 15) is 0 Å². The third-order valence-corrected chi connectivity index (χ3v) is 3.58. The fourth-order valence-electron chi connectivity index (χ4n) is 1.72. The molecule has 2 aromatic rings. The molecule has 6 heteroatoms. The van der Waals surface area contributed by atoms with Crippen molar-refractivity contribution in [3.8, 4) is 0 Å². The van der Waals surface area contributed by atoms with Crippen molar-refractivity contribution in [1.29, 1.82) is 0 Å². The maximum atomic E-state index is 6.05. The minimum absolute atomic E-state index is 0.511. The molecule has 0 atom stereocenters. The first kappa shape index (κ1) is 15.9. The summed E-state index contributed by atoms with van der Waals surface area (Å²) in [6, 6.07) is 15.4. The van der Waals surface area contributed by atoms with Crippen molar-refractivity contribution >= 4 is 46.2 Å². The second-order valence-corrected chi connectivity index (χ2v) is 5.62. The maximum Gasteiger partial charge on any atom is 0.185 e. The largest absolute Gasteiger partial charge is 0.361 e. The van der Waals surface area contributed by atoms with Gasteiger partial charge in [-0.2, -0.15) is 0 Å². The van der Waals surface area contributed by atoms with Gasteiger partial charge in [-0.05, 0) is 42.4 Å². The highest BCUT2D eigenvalue weighted by Crippen LogP contribution is 2.24. The fraction of sp³-hybridized carbons (Fsp3) is 0.133. The quantitative estimate of drug-likeness (QED) is 0.567. The Labute approximate surface area is 139 Å². The standard InChI is InChI=1S/C15H15Cl2N3S/c16-12-6-7-14(13(17)10-12)19-20-15(21)18-9-8-11-4-2-1-3-5-11/h1-7,10,19H,8-9H2,(H2,18,20,21). The van der Waals surface area contributed by atoms with Gasteiger partial charge >= 0.3 is 0 Å². The highest BCUT2D eigenvalue weighted by molar-refractivity contribution is 7.80. The molecule has 2 aromatic carbocycles. The summed E-state index contributed by atoms with van der Waals surface area (Å²) in [4.78, 5) is 0. The Hall–Kier alpha value is -1.49. The molecule has 0 saturated carbocycles. The molecule has 0 aliphatic heterocycles. The number of rotatable bonds is 5. The van der Waals surface area contributed by atoms with Crippen LogP contribution in [-0.4, -0.2) is 11.7 Å². The number of benzene rings is 2. The van der Waals surface area contributed by atoms with E-state index in [1.807, 2.05) is 18.2 Å². The van der Waals surface area contributed by atoms with Gasteiger partial charge < -0.3 is 5.32 Å². The van der Waals surface area contributed by atoms with E-state index < -0.39 is 0 Å². The highest BCUT2D eigenvalue weighted by Gasteiger charge is 2.01. The maximum absolute atomic E-state index is 6.05. The van der Waals surface area contributed by atoms with Gasteiger partial charge in [0.15, 0.2) is 5.11 Å². The molecule has 0 spiro atoms. The van der Waals surface area contributed by atoms with Gasteiger partial charge in [-0.15, -0.1) is 0 Å². The van der Waals surface area contributed by atoms with Crippen molar-refractivity contribution in [2.45, 2.75) is 6.42 Å². The van der Waals surface area contributed by atoms with Crippen LogP contribution in [0.2, 0.25) is 10.0 Å². The highest BCUT2D eigenvalue weighted by atomic mass is 35.5. The first-order chi connectivity index (χ1) is 10.1. The van der Waals surface area contributed by atoms with Crippen LogP contribution < -0.4 is 16.2 Å². The van der Waals surface area contributed by atoms with E-state index in [0.717, 1.165) is 13.0 Å². The van der Waals surface area contributed by atoms with Crippen molar-refractivity contribution in [1.82, 2.24) is 10.7 Å². The Morgan fingerprint density at radius 1 is 1.05 bits per heavy atom. The van der Waals surface area contributed by atoms with E-state index in [-0.39, 0.29) is 0 Å². The molecule has 0 fully saturated rings. The number of anilines is 1. The van der Waals surface area contributed by atoms with Crippen molar-refractivity contribution in [2.75, 3.05) is 12.0 Å². The molecular weight excluding hydrogens is 325 g/mol. The molecule has 0 aliphatic rings. The molecule has 0 amide bonds. The summed E-state index contributed by atoms with van der Waals surface area (Å²) in [6.45, 7) is 0.756. The minimum atomic E-state index is 0.511. The van der Waals surface area contributed by atoms with Gasteiger partial charge in [0.2, 0.25) is 0 Å². The summed E-state index contributed by atoms with van der Waals surface area (Å²) < 4.78 is 0. The Morgan fingerprint density at radius 3 is 2.52 bits per heavy atom. The predicted octanol–water partition coefficient (Wildman–Crippen LogP) is 4.03. The van der Waals surface area contributed by atoms with Crippen molar-refractivity contribution in [3.05, 3.63) is 64.1 Å². The molecule has 2 rings (SSSR count). The summed E-state index contributed by atoms with van der Waals surface area (Å²) in [5, 5.41) is 4.75. The van der Waals surface area contributed by atoms with Crippen LogP contribution in [0.25, 0.3) is 0 Å². The third-order valence-electron chi connectivity index (χ3n) is 2.78. The smallest absolute Gasteiger partial charge is 0.185 e. The SMILES string of the molecule is S=C(NCCc1ccccc1)NNc1ccc(Cl)cc1Cl. The van der Waals surface area contributed by atoms with Crippen LogP contribution in [0.1, 0.15) is 5.56 Å². The lowest BCUT2D eigenvalue weighted by Gasteiger charge is -2.13. The minimum Gasteiger partial charge on any atom is -0.361 e. The Balaban J connectivity index is 1.72. The van der Waals surface area contributed by atoms with Crippen LogP contribution in [0.15, 0.2) is 48.5 Å². The molecule has 110 valence electrons. The molecule has 0 radical (unpaired) electrons. The number of hydrogen-bond acceptors (Lipinski definition) is 2. The van der Waals surface area contributed by atoms with Crippen LogP contribution in [0.3, 0.4) is 0 Å². The fourth-order valence-corrected chi connectivity index (χ4v) is 2.33. The Morgan fingerprint density at radius 2 is 1.81 bits per heavy atom. The number of hydrogen-bond donors (Lipinski definition) is 3. The lowest BCUT2D eigenvalue weighted by atomic mass is 10.1. The number of hydrazine groups is 1. The topological polar surface area (TPSA) is 36.1 Å². The monoisotopic (exact) mass is 339 g/mol. The Kier molecular flexibility index (Phi) is 6.11. The predicted molar refractivity (Wildman–Crippen MR) is 94.0 cm³/mol. The summed E-state index contributed by atoms with van der Waals surface area (Å²) >= 11 is 17.1. The first-order valence-corrected chi connectivity index (χ1v) is 7.60. The van der Waals surface area contributed by atoms with Crippen molar-refractivity contribution in [2.24, 2.45) is 0 Å². The molecule has 0 unspecified atom stereocenters. The molecule has 3 nitrogen and oxygen atoms in total. The summed E-state index contributed by atoms with van der Waals surface area (Å²) in [6.07, 6.45) is 0.907. The van der Waals surface area contributed by atoms with E-state index in [0.29, 0.717) is 20.8 Å². The van der Waals surface area contributed by atoms with Gasteiger partial charge in [0, 0.05) is 11.6 Å². The van der Waals surface area contributed by atoms with Gasteiger partial charge in [0.25, 0.3) is 0 Å². The van der Waals surface area contributed by atoms with E-state index >= 15 is 0 Å². The normalized spacial score (nSPS) is 10.0. The molecule has 0 saturated heterocycles. The Bertz CT molecular complexity index is 605. The molecule has 3 N–H and O–H groups in total. The van der Waals surface area contributed by atoms with Gasteiger partial charge in [-0.3, -0.25) is 10.9 Å². The van der Waals surface area contributed by atoms with Crippen molar-refractivity contribution in [3.63, 3.8) is 0 Å². The molecule has 21 heavy (non-hydrogen) atoms.